The molecule has 58 heavy (non-hydrogen) atoms. The molecular weight excluding hydrogens is 705 g/mol. The second-order valence-corrected chi connectivity index (χ2v) is 15.7. The van der Waals surface area contributed by atoms with Crippen LogP contribution in [0.1, 0.15) is 25.0 Å². The average molecular weight is 743 g/mol. The van der Waals surface area contributed by atoms with Gasteiger partial charge < -0.3 is 4.57 Å². The third-order valence-electron chi connectivity index (χ3n) is 11.8. The Bertz CT molecular complexity index is 3120. The molecule has 0 unspecified atom stereocenters. The van der Waals surface area contributed by atoms with E-state index < -0.39 is 0 Å². The molecule has 0 fully saturated rings. The summed E-state index contributed by atoms with van der Waals surface area (Å²) in [6.07, 6.45) is 0. The minimum atomic E-state index is -0.159. The van der Waals surface area contributed by atoms with Crippen molar-refractivity contribution >= 4 is 21.8 Å². The van der Waals surface area contributed by atoms with E-state index in [0.717, 1.165) is 61.1 Å². The Labute approximate surface area is 337 Å². The molecular formula is C54H38N4. The SMILES string of the molecule is CC1(C)c2ccccc2-c2c(-c3nc(-c4cc(-c5ccccc5)cc(-c5ccccc5)c4)nc(-c4ccc5c(c4)c4ccccc4n5-c4ccccc4)n3)cccc21. The van der Waals surface area contributed by atoms with E-state index in [9.17, 15) is 0 Å². The topological polar surface area (TPSA) is 43.6 Å². The van der Waals surface area contributed by atoms with Gasteiger partial charge in [0, 0.05) is 38.6 Å². The van der Waals surface area contributed by atoms with Gasteiger partial charge in [0.25, 0.3) is 0 Å². The lowest BCUT2D eigenvalue weighted by Crippen LogP contribution is -2.14. The van der Waals surface area contributed by atoms with Gasteiger partial charge in [0.2, 0.25) is 0 Å². The van der Waals surface area contributed by atoms with Gasteiger partial charge in [-0.15, -0.1) is 0 Å². The van der Waals surface area contributed by atoms with Crippen molar-refractivity contribution in [1.82, 2.24) is 19.5 Å². The quantitative estimate of drug-likeness (QED) is 0.170. The van der Waals surface area contributed by atoms with Crippen LogP contribution in [0.15, 0.2) is 194 Å². The molecule has 0 spiro atoms. The minimum Gasteiger partial charge on any atom is -0.309 e. The van der Waals surface area contributed by atoms with E-state index in [4.69, 9.17) is 15.0 Å². The Morgan fingerprint density at radius 2 is 0.897 bits per heavy atom. The van der Waals surface area contributed by atoms with Crippen molar-refractivity contribution in [3.05, 3.63) is 205 Å². The van der Waals surface area contributed by atoms with E-state index in [-0.39, 0.29) is 5.41 Å². The molecule has 8 aromatic carbocycles. The van der Waals surface area contributed by atoms with E-state index in [2.05, 4.69) is 213 Å². The van der Waals surface area contributed by atoms with Gasteiger partial charge in [-0.2, -0.15) is 0 Å². The molecule has 274 valence electrons. The Kier molecular flexibility index (Phi) is 7.80. The molecule has 0 aliphatic heterocycles. The fraction of sp³-hybridized carbons (Fsp3) is 0.0556. The minimum absolute atomic E-state index is 0.159. The molecule has 10 aromatic rings. The first-order chi connectivity index (χ1) is 28.5. The highest BCUT2D eigenvalue weighted by Crippen LogP contribution is 2.51. The molecule has 0 N–H and O–H groups in total. The lowest BCUT2D eigenvalue weighted by atomic mass is 9.82. The van der Waals surface area contributed by atoms with Crippen LogP contribution >= 0.6 is 0 Å². The van der Waals surface area contributed by atoms with Gasteiger partial charge in [-0.3, -0.25) is 0 Å². The number of para-hydroxylation sites is 2. The van der Waals surface area contributed by atoms with E-state index in [0.29, 0.717) is 17.5 Å². The number of hydrogen-bond donors (Lipinski definition) is 0. The number of hydrogen-bond acceptors (Lipinski definition) is 3. The first-order valence-electron chi connectivity index (χ1n) is 19.9. The number of benzene rings is 8. The van der Waals surface area contributed by atoms with Crippen LogP contribution in [0.4, 0.5) is 0 Å². The first-order valence-corrected chi connectivity index (χ1v) is 19.9. The maximum absolute atomic E-state index is 5.40. The molecule has 4 heteroatoms. The largest absolute Gasteiger partial charge is 0.309 e. The molecule has 11 rings (SSSR count). The fourth-order valence-corrected chi connectivity index (χ4v) is 9.01. The summed E-state index contributed by atoms with van der Waals surface area (Å²) in [6.45, 7) is 4.63. The monoisotopic (exact) mass is 742 g/mol. The van der Waals surface area contributed by atoms with Crippen molar-refractivity contribution in [2.24, 2.45) is 0 Å². The zero-order valence-corrected chi connectivity index (χ0v) is 32.3. The van der Waals surface area contributed by atoms with Gasteiger partial charge in [-0.25, -0.2) is 15.0 Å². The van der Waals surface area contributed by atoms with E-state index in [1.165, 1.54) is 27.6 Å². The molecule has 0 bridgehead atoms. The summed E-state index contributed by atoms with van der Waals surface area (Å²) in [7, 11) is 0. The van der Waals surface area contributed by atoms with Crippen LogP contribution in [0.25, 0.3) is 95.0 Å². The molecule has 4 nitrogen and oxygen atoms in total. The zero-order chi connectivity index (χ0) is 38.8. The molecule has 2 heterocycles. The third kappa shape index (κ3) is 5.48. The highest BCUT2D eigenvalue weighted by atomic mass is 15.0. The molecule has 0 saturated carbocycles. The summed E-state index contributed by atoms with van der Waals surface area (Å²) in [5.41, 5.74) is 15.6. The normalized spacial score (nSPS) is 12.8. The maximum atomic E-state index is 5.40. The molecule has 0 radical (unpaired) electrons. The van der Waals surface area contributed by atoms with Crippen molar-refractivity contribution in [2.45, 2.75) is 19.3 Å². The predicted molar refractivity (Wildman–Crippen MR) is 239 cm³/mol. The summed E-state index contributed by atoms with van der Waals surface area (Å²) in [6, 6.07) is 69.0. The second kappa shape index (κ2) is 13.4. The highest BCUT2D eigenvalue weighted by Gasteiger charge is 2.37. The van der Waals surface area contributed by atoms with Crippen molar-refractivity contribution < 1.29 is 0 Å². The Hall–Kier alpha value is -7.43. The van der Waals surface area contributed by atoms with Crippen molar-refractivity contribution in [3.63, 3.8) is 0 Å². The standard InChI is InChI=1S/C54H38N4/c1-54(2)46-26-14-12-24-43(46)50-44(25-16-27-47(50)54)53-56-51(37-29-30-49-45(34-37)42-23-13-15-28-48(42)58(49)41-21-10-5-11-22-41)55-52(57-53)40-32-38(35-17-6-3-7-18-35)31-39(33-40)36-19-8-4-9-20-36/h3-34H,1-2H3. The van der Waals surface area contributed by atoms with Crippen LogP contribution in [-0.2, 0) is 5.41 Å². The molecule has 0 amide bonds. The summed E-state index contributed by atoms with van der Waals surface area (Å²) < 4.78 is 2.34. The van der Waals surface area contributed by atoms with Gasteiger partial charge >= 0.3 is 0 Å². The van der Waals surface area contributed by atoms with Crippen LogP contribution in [0.5, 0.6) is 0 Å². The van der Waals surface area contributed by atoms with E-state index in [1.807, 2.05) is 0 Å². The van der Waals surface area contributed by atoms with Crippen LogP contribution in [-0.4, -0.2) is 19.5 Å². The second-order valence-electron chi connectivity index (χ2n) is 15.7. The molecule has 0 atom stereocenters. The van der Waals surface area contributed by atoms with Crippen molar-refractivity contribution in [3.8, 4) is 73.2 Å². The number of aromatic nitrogens is 4. The third-order valence-corrected chi connectivity index (χ3v) is 11.8. The van der Waals surface area contributed by atoms with Crippen molar-refractivity contribution in [2.75, 3.05) is 0 Å². The Balaban J connectivity index is 1.17. The zero-order valence-electron chi connectivity index (χ0n) is 32.3. The van der Waals surface area contributed by atoms with Gasteiger partial charge in [0.05, 0.1) is 11.0 Å². The van der Waals surface area contributed by atoms with Gasteiger partial charge in [0.15, 0.2) is 17.5 Å². The predicted octanol–water partition coefficient (Wildman–Crippen LogP) is 13.6. The lowest BCUT2D eigenvalue weighted by Gasteiger charge is -2.21. The highest BCUT2D eigenvalue weighted by molar-refractivity contribution is 6.10. The number of rotatable bonds is 6. The van der Waals surface area contributed by atoms with Crippen LogP contribution in [0.2, 0.25) is 0 Å². The molecule has 0 saturated heterocycles. The number of fused-ring (bicyclic) bond motifs is 6. The summed E-state index contributed by atoms with van der Waals surface area (Å²) >= 11 is 0. The average Bonchev–Trinajstić information content (AvgIpc) is 3.75. The van der Waals surface area contributed by atoms with Gasteiger partial charge in [-0.1, -0.05) is 153 Å². The van der Waals surface area contributed by atoms with Crippen LogP contribution in [0, 0.1) is 0 Å². The summed E-state index contributed by atoms with van der Waals surface area (Å²) in [5.74, 6) is 1.92. The molecule has 2 aromatic heterocycles. The van der Waals surface area contributed by atoms with Crippen LogP contribution < -0.4 is 0 Å². The summed E-state index contributed by atoms with van der Waals surface area (Å²) in [4.78, 5) is 16.1. The number of nitrogens with zero attached hydrogens (tertiary/aromatic N) is 4. The lowest BCUT2D eigenvalue weighted by molar-refractivity contribution is 0.660. The smallest absolute Gasteiger partial charge is 0.164 e. The van der Waals surface area contributed by atoms with Crippen LogP contribution in [0.3, 0.4) is 0 Å². The Morgan fingerprint density at radius 3 is 1.62 bits per heavy atom. The van der Waals surface area contributed by atoms with Crippen molar-refractivity contribution in [1.29, 1.82) is 0 Å². The van der Waals surface area contributed by atoms with E-state index >= 15 is 0 Å². The maximum Gasteiger partial charge on any atom is 0.164 e. The molecule has 1 aliphatic rings. The fourth-order valence-electron chi connectivity index (χ4n) is 9.01. The van der Waals surface area contributed by atoms with Gasteiger partial charge in [0.1, 0.15) is 0 Å². The first kappa shape index (κ1) is 33.9. The summed E-state index contributed by atoms with van der Waals surface area (Å²) in [5, 5.41) is 2.33. The van der Waals surface area contributed by atoms with Gasteiger partial charge in [-0.05, 0) is 99.1 Å². The Morgan fingerprint density at radius 1 is 0.362 bits per heavy atom. The van der Waals surface area contributed by atoms with E-state index in [1.54, 1.807) is 0 Å². The molecule has 1 aliphatic carbocycles.